The molecule has 7 nitrogen and oxygen atoms in total. The van der Waals surface area contributed by atoms with E-state index in [0.29, 0.717) is 17.0 Å². The summed E-state index contributed by atoms with van der Waals surface area (Å²) in [5.74, 6) is 0.0207. The van der Waals surface area contributed by atoms with Gasteiger partial charge in [0.25, 0.3) is 0 Å². The number of H-pyrrole nitrogens is 1. The van der Waals surface area contributed by atoms with E-state index in [2.05, 4.69) is 15.6 Å². The molecular formula is C30H23N3O4. The Balaban J connectivity index is 1.26. The summed E-state index contributed by atoms with van der Waals surface area (Å²) in [4.78, 5) is 29.4. The number of amides is 2. The largest absolute Gasteiger partial charge is 0.456 e. The van der Waals surface area contributed by atoms with Crippen LogP contribution in [-0.4, -0.2) is 23.0 Å². The lowest BCUT2D eigenvalue weighted by molar-refractivity contribution is -0.118. The number of hydrogen-bond acceptors (Lipinski definition) is 4. The summed E-state index contributed by atoms with van der Waals surface area (Å²) in [6, 6.07) is 29.0. The molecule has 0 aliphatic rings. The van der Waals surface area contributed by atoms with E-state index in [4.69, 9.17) is 9.15 Å². The minimum absolute atomic E-state index is 0.270. The number of fused-ring (bicyclic) bond motifs is 4. The van der Waals surface area contributed by atoms with Crippen LogP contribution in [0.25, 0.3) is 32.8 Å². The van der Waals surface area contributed by atoms with E-state index in [0.717, 1.165) is 32.8 Å². The van der Waals surface area contributed by atoms with E-state index in [9.17, 15) is 9.59 Å². The van der Waals surface area contributed by atoms with Gasteiger partial charge in [0, 0.05) is 46.0 Å². The Bertz CT molecular complexity index is 1740. The molecule has 6 rings (SSSR count). The Morgan fingerprint density at radius 3 is 2.41 bits per heavy atom. The van der Waals surface area contributed by atoms with Crippen LogP contribution >= 0.6 is 0 Å². The molecule has 0 bridgehead atoms. The lowest BCUT2D eigenvalue weighted by Gasteiger charge is -2.18. The fourth-order valence-electron chi connectivity index (χ4n) is 4.53. The molecule has 0 spiro atoms. The molecule has 0 saturated heterocycles. The normalized spacial score (nSPS) is 12.0. The first-order valence-corrected chi connectivity index (χ1v) is 11.9. The molecule has 4 aromatic carbocycles. The van der Waals surface area contributed by atoms with Gasteiger partial charge in [-0.15, -0.1) is 0 Å². The predicted molar refractivity (Wildman–Crippen MR) is 144 cm³/mol. The first-order chi connectivity index (χ1) is 18.1. The number of benzene rings is 4. The number of hydrogen-bond donors (Lipinski definition) is 3. The highest BCUT2D eigenvalue weighted by molar-refractivity contribution is 6.07. The van der Waals surface area contributed by atoms with E-state index < -0.39 is 12.1 Å². The molecule has 0 aliphatic carbocycles. The van der Waals surface area contributed by atoms with Crippen molar-refractivity contribution >= 4 is 50.5 Å². The number of para-hydroxylation sites is 3. The van der Waals surface area contributed by atoms with Crippen molar-refractivity contribution in [3.8, 4) is 5.75 Å². The molecule has 2 aromatic heterocycles. The van der Waals surface area contributed by atoms with E-state index in [1.807, 2.05) is 72.9 Å². The highest BCUT2D eigenvalue weighted by Gasteiger charge is 2.24. The molecule has 0 aliphatic heterocycles. The number of furan rings is 1. The lowest BCUT2D eigenvalue weighted by Crippen LogP contribution is -2.46. The van der Waals surface area contributed by atoms with Crippen LogP contribution in [0.4, 0.5) is 10.5 Å². The minimum atomic E-state index is -0.887. The second-order valence-electron chi connectivity index (χ2n) is 8.76. The number of anilines is 1. The third kappa shape index (κ3) is 4.62. The van der Waals surface area contributed by atoms with Crippen molar-refractivity contribution in [1.29, 1.82) is 0 Å². The summed E-state index contributed by atoms with van der Waals surface area (Å²) in [5.41, 5.74) is 3.88. The van der Waals surface area contributed by atoms with Gasteiger partial charge in [-0.1, -0.05) is 54.6 Å². The Hall–Kier alpha value is -5.04. The molecule has 2 amide bonds. The van der Waals surface area contributed by atoms with Gasteiger partial charge in [0.05, 0.1) is 0 Å². The van der Waals surface area contributed by atoms with Crippen molar-refractivity contribution in [3.05, 3.63) is 109 Å². The molecule has 182 valence electrons. The van der Waals surface area contributed by atoms with Gasteiger partial charge in [-0.3, -0.25) is 4.79 Å². The average Bonchev–Trinajstić information content (AvgIpc) is 3.49. The van der Waals surface area contributed by atoms with Crippen LogP contribution in [0.2, 0.25) is 0 Å². The van der Waals surface area contributed by atoms with Gasteiger partial charge in [0.2, 0.25) is 5.91 Å². The van der Waals surface area contributed by atoms with Gasteiger partial charge in [0.1, 0.15) is 23.0 Å². The average molecular weight is 490 g/mol. The zero-order chi connectivity index (χ0) is 25.2. The predicted octanol–water partition coefficient (Wildman–Crippen LogP) is 6.41. The van der Waals surface area contributed by atoms with Gasteiger partial charge >= 0.3 is 6.09 Å². The van der Waals surface area contributed by atoms with Crippen molar-refractivity contribution in [2.75, 3.05) is 5.32 Å². The van der Waals surface area contributed by atoms with Gasteiger partial charge < -0.3 is 24.8 Å². The molecule has 0 unspecified atom stereocenters. The SMILES string of the molecule is O=C(N[C@@H](Cc1c[nH]c2ccccc12)C(=O)Nc1ccc2c(c1)oc1ccccc12)Oc1ccccc1. The Kier molecular flexibility index (Phi) is 5.78. The smallest absolute Gasteiger partial charge is 0.413 e. The Morgan fingerprint density at radius 2 is 1.54 bits per heavy atom. The molecular weight excluding hydrogens is 466 g/mol. The van der Waals surface area contributed by atoms with Gasteiger partial charge in [0.15, 0.2) is 0 Å². The van der Waals surface area contributed by atoms with E-state index in [1.165, 1.54) is 0 Å². The molecule has 1 atom stereocenters. The molecule has 0 radical (unpaired) electrons. The second-order valence-corrected chi connectivity index (χ2v) is 8.76. The van der Waals surface area contributed by atoms with Crippen LogP contribution in [0.1, 0.15) is 5.56 Å². The highest BCUT2D eigenvalue weighted by atomic mass is 16.6. The molecule has 0 fully saturated rings. The maximum Gasteiger partial charge on any atom is 0.413 e. The number of aromatic amines is 1. The first kappa shape index (κ1) is 22.4. The molecule has 2 heterocycles. The number of aromatic nitrogens is 1. The van der Waals surface area contributed by atoms with Crippen LogP contribution in [0.5, 0.6) is 5.75 Å². The van der Waals surface area contributed by atoms with Crippen LogP contribution in [0, 0.1) is 0 Å². The third-order valence-corrected chi connectivity index (χ3v) is 6.31. The fourth-order valence-corrected chi connectivity index (χ4v) is 4.53. The van der Waals surface area contributed by atoms with Gasteiger partial charge in [-0.2, -0.15) is 0 Å². The number of carbonyl (C=O) groups is 2. The molecule has 6 aromatic rings. The topological polar surface area (TPSA) is 96.4 Å². The minimum Gasteiger partial charge on any atom is -0.456 e. The summed E-state index contributed by atoms with van der Waals surface area (Å²) in [6.45, 7) is 0. The van der Waals surface area contributed by atoms with Crippen LogP contribution in [0.15, 0.2) is 108 Å². The summed E-state index contributed by atoms with van der Waals surface area (Å²) in [6.07, 6.45) is 1.42. The highest BCUT2D eigenvalue weighted by Crippen LogP contribution is 2.30. The first-order valence-electron chi connectivity index (χ1n) is 11.9. The van der Waals surface area contributed by atoms with Crippen LogP contribution in [-0.2, 0) is 11.2 Å². The van der Waals surface area contributed by atoms with Crippen molar-refractivity contribution < 1.29 is 18.7 Å². The number of nitrogens with one attached hydrogen (secondary N) is 3. The quantitative estimate of drug-likeness (QED) is 0.252. The van der Waals surface area contributed by atoms with Gasteiger partial charge in [-0.25, -0.2) is 4.79 Å². The standard InChI is InChI=1S/C30H23N3O4/c34-29(32-20-14-15-24-23-11-5-7-13-27(23)37-28(24)17-20)26(33-30(35)36-21-8-2-1-3-9-21)16-19-18-31-25-12-6-4-10-22(19)25/h1-15,17-18,26,31H,16H2,(H,32,34)(H,33,35)/t26-/m0/s1. The van der Waals surface area contributed by atoms with Crippen LogP contribution < -0.4 is 15.4 Å². The molecule has 7 heteroatoms. The van der Waals surface area contributed by atoms with Crippen molar-refractivity contribution in [2.45, 2.75) is 12.5 Å². The lowest BCUT2D eigenvalue weighted by atomic mass is 10.0. The van der Waals surface area contributed by atoms with Crippen LogP contribution in [0.3, 0.4) is 0 Å². The number of carbonyl (C=O) groups excluding carboxylic acids is 2. The van der Waals surface area contributed by atoms with E-state index >= 15 is 0 Å². The molecule has 37 heavy (non-hydrogen) atoms. The maximum atomic E-state index is 13.4. The summed E-state index contributed by atoms with van der Waals surface area (Å²) in [7, 11) is 0. The fraction of sp³-hybridized carbons (Fsp3) is 0.0667. The van der Waals surface area contributed by atoms with Crippen molar-refractivity contribution in [1.82, 2.24) is 10.3 Å². The maximum absolute atomic E-state index is 13.4. The zero-order valence-corrected chi connectivity index (χ0v) is 19.7. The monoisotopic (exact) mass is 489 g/mol. The summed E-state index contributed by atoms with van der Waals surface area (Å²) < 4.78 is 11.3. The number of rotatable bonds is 6. The zero-order valence-electron chi connectivity index (χ0n) is 19.7. The molecule has 0 saturated carbocycles. The summed E-state index contributed by atoms with van der Waals surface area (Å²) in [5, 5.41) is 8.63. The van der Waals surface area contributed by atoms with Crippen molar-refractivity contribution in [2.24, 2.45) is 0 Å². The van der Waals surface area contributed by atoms with E-state index in [1.54, 1.807) is 30.3 Å². The number of ether oxygens (including phenoxy) is 1. The second kappa shape index (κ2) is 9.54. The molecule has 3 N–H and O–H groups in total. The Morgan fingerprint density at radius 1 is 0.811 bits per heavy atom. The summed E-state index contributed by atoms with van der Waals surface area (Å²) >= 11 is 0. The van der Waals surface area contributed by atoms with Gasteiger partial charge in [-0.05, 0) is 42.0 Å². The van der Waals surface area contributed by atoms with E-state index in [-0.39, 0.29) is 12.3 Å². The third-order valence-electron chi connectivity index (χ3n) is 6.31. The van der Waals surface area contributed by atoms with Crippen molar-refractivity contribution in [3.63, 3.8) is 0 Å². The Labute approximate surface area is 212 Å².